The summed E-state index contributed by atoms with van der Waals surface area (Å²) in [4.78, 5) is 23.7. The van der Waals surface area contributed by atoms with Gasteiger partial charge in [0.05, 0.1) is 10.5 Å². The molecule has 0 aromatic heterocycles. The molecule has 1 aliphatic rings. The third-order valence-corrected chi connectivity index (χ3v) is 3.27. The van der Waals surface area contributed by atoms with Gasteiger partial charge in [0, 0.05) is 31.3 Å². The molecule has 0 aliphatic carbocycles. The van der Waals surface area contributed by atoms with Gasteiger partial charge < -0.3 is 10.2 Å². The molecule has 1 N–H and O–H groups in total. The van der Waals surface area contributed by atoms with Gasteiger partial charge in [0.15, 0.2) is 0 Å². The number of nitro benzene ring substituents is 1. The quantitative estimate of drug-likeness (QED) is 0.659. The molecule has 102 valence electrons. The van der Waals surface area contributed by atoms with Crippen molar-refractivity contribution < 1.29 is 14.1 Å². The fourth-order valence-corrected chi connectivity index (χ4v) is 2.14. The molecule has 0 spiro atoms. The van der Waals surface area contributed by atoms with Crippen LogP contribution in [0.5, 0.6) is 0 Å². The number of non-ortho nitro benzene ring substituents is 1. The Labute approximate surface area is 109 Å². The summed E-state index contributed by atoms with van der Waals surface area (Å²) >= 11 is 0. The lowest BCUT2D eigenvalue weighted by Crippen LogP contribution is -2.33. The van der Waals surface area contributed by atoms with Crippen LogP contribution in [0.3, 0.4) is 0 Å². The summed E-state index contributed by atoms with van der Waals surface area (Å²) in [7, 11) is 1.80. The number of nitro groups is 1. The van der Waals surface area contributed by atoms with Crippen LogP contribution in [0, 0.1) is 15.9 Å². The molecule has 2 rings (SSSR count). The van der Waals surface area contributed by atoms with E-state index in [-0.39, 0.29) is 17.3 Å². The zero-order valence-electron chi connectivity index (χ0n) is 10.4. The number of amides is 1. The maximum Gasteiger partial charge on any atom is 0.270 e. The van der Waals surface area contributed by atoms with Crippen molar-refractivity contribution in [1.82, 2.24) is 10.2 Å². The minimum absolute atomic E-state index is 0.186. The summed E-state index contributed by atoms with van der Waals surface area (Å²) in [6.45, 7) is 1.00. The van der Waals surface area contributed by atoms with Crippen LogP contribution < -0.4 is 5.32 Å². The number of carbonyl (C=O) groups is 1. The topological polar surface area (TPSA) is 75.5 Å². The van der Waals surface area contributed by atoms with Crippen LogP contribution in [0.2, 0.25) is 0 Å². The Morgan fingerprint density at radius 1 is 1.58 bits per heavy atom. The molecule has 0 radical (unpaired) electrons. The van der Waals surface area contributed by atoms with Gasteiger partial charge in [0.25, 0.3) is 11.6 Å². The molecule has 19 heavy (non-hydrogen) atoms. The molecule has 1 aliphatic heterocycles. The van der Waals surface area contributed by atoms with Crippen LogP contribution in [0.1, 0.15) is 16.8 Å². The number of rotatable bonds is 3. The van der Waals surface area contributed by atoms with E-state index >= 15 is 0 Å². The summed E-state index contributed by atoms with van der Waals surface area (Å²) in [6, 6.07) is 3.18. The molecule has 1 aromatic carbocycles. The smallest absolute Gasteiger partial charge is 0.270 e. The van der Waals surface area contributed by atoms with Crippen molar-refractivity contribution in [1.29, 1.82) is 0 Å². The lowest BCUT2D eigenvalue weighted by molar-refractivity contribution is -0.384. The van der Waals surface area contributed by atoms with Gasteiger partial charge in [0.2, 0.25) is 0 Å². The van der Waals surface area contributed by atoms with Crippen molar-refractivity contribution in [3.8, 4) is 0 Å². The Bertz CT molecular complexity index is 521. The zero-order valence-corrected chi connectivity index (χ0v) is 10.4. The van der Waals surface area contributed by atoms with Gasteiger partial charge in [-0.1, -0.05) is 0 Å². The number of benzene rings is 1. The number of likely N-dealkylation sites (N-methyl/N-ethyl adjacent to an activating group) is 1. The van der Waals surface area contributed by atoms with Crippen molar-refractivity contribution in [3.63, 3.8) is 0 Å². The lowest BCUT2D eigenvalue weighted by atomic mass is 10.1. The number of nitrogens with one attached hydrogen (secondary N) is 1. The number of halogens is 1. The minimum atomic E-state index is -0.733. The van der Waals surface area contributed by atoms with E-state index in [2.05, 4.69) is 5.32 Å². The number of hydrogen-bond acceptors (Lipinski definition) is 4. The standard InChI is InChI=1S/C12H14FN3O3/c1-14-8-4-5-15(7-8)12(17)10-6-9(16(18)19)2-3-11(10)13/h2-3,6,8,14H,4-5,7H2,1H3. The Kier molecular flexibility index (Phi) is 3.75. The highest BCUT2D eigenvalue weighted by Gasteiger charge is 2.28. The lowest BCUT2D eigenvalue weighted by Gasteiger charge is -2.16. The number of carbonyl (C=O) groups excluding carboxylic acids is 1. The third-order valence-electron chi connectivity index (χ3n) is 3.27. The highest BCUT2D eigenvalue weighted by atomic mass is 19.1. The first-order valence-corrected chi connectivity index (χ1v) is 5.93. The van der Waals surface area contributed by atoms with Gasteiger partial charge in [-0.15, -0.1) is 0 Å². The molecule has 7 heteroatoms. The van der Waals surface area contributed by atoms with Gasteiger partial charge in [-0.25, -0.2) is 4.39 Å². The zero-order chi connectivity index (χ0) is 14.0. The van der Waals surface area contributed by atoms with Gasteiger partial charge in [0.1, 0.15) is 5.82 Å². The molecule has 0 saturated carbocycles. The van der Waals surface area contributed by atoms with Gasteiger partial charge in [-0.3, -0.25) is 14.9 Å². The van der Waals surface area contributed by atoms with E-state index in [4.69, 9.17) is 0 Å². The SMILES string of the molecule is CNC1CCN(C(=O)c2cc([N+](=O)[O-])ccc2F)C1. The first-order valence-electron chi connectivity index (χ1n) is 5.93. The first kappa shape index (κ1) is 13.4. The molecule has 1 fully saturated rings. The summed E-state index contributed by atoms with van der Waals surface area (Å²) in [5, 5.41) is 13.7. The average Bonchev–Trinajstić information content (AvgIpc) is 2.87. The van der Waals surface area contributed by atoms with Crippen LogP contribution in [0.4, 0.5) is 10.1 Å². The van der Waals surface area contributed by atoms with Crippen LogP contribution in [0.15, 0.2) is 18.2 Å². The minimum Gasteiger partial charge on any atom is -0.337 e. The summed E-state index contributed by atoms with van der Waals surface area (Å²) < 4.78 is 13.6. The van der Waals surface area contributed by atoms with Crippen LogP contribution in [-0.2, 0) is 0 Å². The van der Waals surface area contributed by atoms with Crippen molar-refractivity contribution >= 4 is 11.6 Å². The Hall–Kier alpha value is -2.02. The van der Waals surface area contributed by atoms with Gasteiger partial charge in [-0.05, 0) is 19.5 Å². The van der Waals surface area contributed by atoms with Crippen molar-refractivity contribution in [2.45, 2.75) is 12.5 Å². The Morgan fingerprint density at radius 3 is 2.89 bits per heavy atom. The second-order valence-electron chi connectivity index (χ2n) is 4.45. The monoisotopic (exact) mass is 267 g/mol. The van der Waals surface area contributed by atoms with E-state index in [1.54, 1.807) is 7.05 Å². The van der Waals surface area contributed by atoms with Gasteiger partial charge in [-0.2, -0.15) is 0 Å². The second kappa shape index (κ2) is 5.31. The maximum atomic E-state index is 13.6. The largest absolute Gasteiger partial charge is 0.337 e. The highest BCUT2D eigenvalue weighted by molar-refractivity contribution is 5.95. The van der Waals surface area contributed by atoms with E-state index in [0.717, 1.165) is 24.6 Å². The molecule has 6 nitrogen and oxygen atoms in total. The molecular formula is C12H14FN3O3. The fourth-order valence-electron chi connectivity index (χ4n) is 2.14. The molecule has 1 unspecified atom stereocenters. The Morgan fingerprint density at radius 2 is 2.32 bits per heavy atom. The van der Waals surface area contributed by atoms with Gasteiger partial charge >= 0.3 is 0 Å². The van der Waals surface area contributed by atoms with E-state index in [1.807, 2.05) is 0 Å². The van der Waals surface area contributed by atoms with Crippen molar-refractivity contribution in [2.24, 2.45) is 0 Å². The molecule has 0 bridgehead atoms. The number of hydrogen-bond donors (Lipinski definition) is 1. The van der Waals surface area contributed by atoms with E-state index in [9.17, 15) is 19.3 Å². The molecule has 1 aromatic rings. The Balaban J connectivity index is 2.24. The molecule has 1 heterocycles. The summed E-state index contributed by atoms with van der Waals surface area (Å²) in [5.74, 6) is -1.23. The maximum absolute atomic E-state index is 13.6. The van der Waals surface area contributed by atoms with E-state index in [0.29, 0.717) is 13.1 Å². The molecule has 1 saturated heterocycles. The van der Waals surface area contributed by atoms with E-state index < -0.39 is 16.6 Å². The number of likely N-dealkylation sites (tertiary alicyclic amines) is 1. The second-order valence-corrected chi connectivity index (χ2v) is 4.45. The third kappa shape index (κ3) is 2.70. The van der Waals surface area contributed by atoms with Crippen molar-refractivity contribution in [3.05, 3.63) is 39.7 Å². The molecular weight excluding hydrogens is 253 g/mol. The first-order chi connectivity index (χ1) is 9.02. The molecule has 1 amide bonds. The summed E-state index contributed by atoms with van der Waals surface area (Å²) in [5.41, 5.74) is -0.528. The van der Waals surface area contributed by atoms with Crippen molar-refractivity contribution in [2.75, 3.05) is 20.1 Å². The number of nitrogens with zero attached hydrogens (tertiary/aromatic N) is 2. The van der Waals surface area contributed by atoms with Crippen LogP contribution in [0.25, 0.3) is 0 Å². The fraction of sp³-hybridized carbons (Fsp3) is 0.417. The average molecular weight is 267 g/mol. The predicted octanol–water partition coefficient (Wildman–Crippen LogP) is 1.17. The predicted molar refractivity (Wildman–Crippen MR) is 66.4 cm³/mol. The van der Waals surface area contributed by atoms with E-state index in [1.165, 1.54) is 4.90 Å². The normalized spacial score (nSPS) is 18.6. The molecule has 1 atom stereocenters. The highest BCUT2D eigenvalue weighted by Crippen LogP contribution is 2.20. The van der Waals surface area contributed by atoms with Crippen LogP contribution >= 0.6 is 0 Å². The van der Waals surface area contributed by atoms with Crippen LogP contribution in [-0.4, -0.2) is 41.9 Å². The summed E-state index contributed by atoms with van der Waals surface area (Å²) in [6.07, 6.45) is 0.790.